The molecule has 0 saturated heterocycles. The molecule has 2 aromatic rings. The van der Waals surface area contributed by atoms with Crippen LogP contribution in [0.1, 0.15) is 57.8 Å². The first-order chi connectivity index (χ1) is 11.0. The number of rotatable bonds is 6. The van der Waals surface area contributed by atoms with Crippen LogP contribution in [0, 0.1) is 0 Å². The summed E-state index contributed by atoms with van der Waals surface area (Å²) in [6.45, 7) is 3.32. The van der Waals surface area contributed by atoms with Gasteiger partial charge in [0.25, 0.3) is 0 Å². The zero-order chi connectivity index (χ0) is 16.8. The van der Waals surface area contributed by atoms with E-state index in [0.29, 0.717) is 24.0 Å². The Hall–Kier alpha value is -2.75. The third kappa shape index (κ3) is 4.13. The number of benzene rings is 2. The van der Waals surface area contributed by atoms with Gasteiger partial charge in [0, 0.05) is 12.0 Å². The molecule has 4 heteroatoms. The maximum absolute atomic E-state index is 12.3. The fourth-order valence-corrected chi connectivity index (χ4v) is 2.15. The minimum atomic E-state index is -0.535. The van der Waals surface area contributed by atoms with Crippen LogP contribution in [0.5, 0.6) is 5.75 Å². The molecule has 0 amide bonds. The molecule has 2 aromatic carbocycles. The van der Waals surface area contributed by atoms with Crippen molar-refractivity contribution in [3.8, 4) is 5.75 Å². The van der Waals surface area contributed by atoms with Crippen LogP contribution in [0.4, 0.5) is 0 Å². The van der Waals surface area contributed by atoms with E-state index in [9.17, 15) is 14.4 Å². The molecular weight excluding hydrogens is 292 g/mol. The Balaban J connectivity index is 2.35. The maximum atomic E-state index is 12.3. The lowest BCUT2D eigenvalue weighted by molar-refractivity contribution is 0.0732. The van der Waals surface area contributed by atoms with Crippen LogP contribution < -0.4 is 4.74 Å². The van der Waals surface area contributed by atoms with Gasteiger partial charge in [0.2, 0.25) is 0 Å². The summed E-state index contributed by atoms with van der Waals surface area (Å²) in [7, 11) is 0. The Morgan fingerprint density at radius 2 is 1.65 bits per heavy atom. The highest BCUT2D eigenvalue weighted by molar-refractivity contribution is 6.03. The molecule has 0 N–H and O–H groups in total. The second-order valence-corrected chi connectivity index (χ2v) is 5.20. The number of Topliss-reactive ketones (excluding diaryl/α,β-unsaturated/α-hetero) is 2. The van der Waals surface area contributed by atoms with Gasteiger partial charge < -0.3 is 4.74 Å². The molecule has 118 valence electrons. The normalized spacial score (nSPS) is 10.2. The fraction of sp³-hybridized carbons (Fsp3) is 0.211. The SMILES string of the molecule is CCCC(=O)c1cc(C(C)=O)ccc1OC(=O)c1ccccc1. The molecule has 0 heterocycles. The van der Waals surface area contributed by atoms with Crippen molar-refractivity contribution < 1.29 is 19.1 Å². The Bertz CT molecular complexity index is 732. The quantitative estimate of drug-likeness (QED) is 0.458. The molecule has 0 unspecified atom stereocenters. The number of ketones is 2. The van der Waals surface area contributed by atoms with Gasteiger partial charge >= 0.3 is 5.97 Å². The van der Waals surface area contributed by atoms with E-state index in [-0.39, 0.29) is 22.9 Å². The van der Waals surface area contributed by atoms with E-state index < -0.39 is 5.97 Å². The average Bonchev–Trinajstić information content (AvgIpc) is 2.56. The van der Waals surface area contributed by atoms with Crippen molar-refractivity contribution in [2.24, 2.45) is 0 Å². The van der Waals surface area contributed by atoms with Gasteiger partial charge in [0.1, 0.15) is 5.75 Å². The van der Waals surface area contributed by atoms with E-state index in [2.05, 4.69) is 0 Å². The van der Waals surface area contributed by atoms with Crippen molar-refractivity contribution in [1.29, 1.82) is 0 Å². The Kier molecular flexibility index (Phi) is 5.41. The predicted octanol–water partition coefficient (Wildman–Crippen LogP) is 4.09. The van der Waals surface area contributed by atoms with Crippen LogP contribution in [0.3, 0.4) is 0 Å². The van der Waals surface area contributed by atoms with E-state index in [1.807, 2.05) is 6.92 Å². The summed E-state index contributed by atoms with van der Waals surface area (Å²) in [6, 6.07) is 13.1. The number of carbonyl (C=O) groups excluding carboxylic acids is 3. The van der Waals surface area contributed by atoms with Crippen LogP contribution in [0.2, 0.25) is 0 Å². The molecule has 4 nitrogen and oxygen atoms in total. The zero-order valence-corrected chi connectivity index (χ0v) is 13.2. The van der Waals surface area contributed by atoms with E-state index >= 15 is 0 Å². The van der Waals surface area contributed by atoms with E-state index in [1.165, 1.54) is 19.1 Å². The third-order valence-electron chi connectivity index (χ3n) is 3.38. The van der Waals surface area contributed by atoms with Crippen LogP contribution in [0.15, 0.2) is 48.5 Å². The molecule has 0 atom stereocenters. The van der Waals surface area contributed by atoms with Crippen molar-refractivity contribution >= 4 is 17.5 Å². The van der Waals surface area contributed by atoms with Gasteiger partial charge in [-0.2, -0.15) is 0 Å². The third-order valence-corrected chi connectivity index (χ3v) is 3.38. The van der Waals surface area contributed by atoms with Crippen molar-refractivity contribution in [3.05, 3.63) is 65.2 Å². The van der Waals surface area contributed by atoms with Crippen LogP contribution in [-0.4, -0.2) is 17.5 Å². The maximum Gasteiger partial charge on any atom is 0.343 e. The standard InChI is InChI=1S/C19H18O4/c1-3-7-17(21)16-12-15(13(2)20)10-11-18(16)23-19(22)14-8-5-4-6-9-14/h4-6,8-12H,3,7H2,1-2H3. The van der Waals surface area contributed by atoms with E-state index in [0.717, 1.165) is 0 Å². The van der Waals surface area contributed by atoms with E-state index in [4.69, 9.17) is 4.74 Å². The lowest BCUT2D eigenvalue weighted by Gasteiger charge is -2.10. The minimum absolute atomic E-state index is 0.142. The number of ether oxygens (including phenoxy) is 1. The first-order valence-corrected chi connectivity index (χ1v) is 7.48. The highest BCUT2D eigenvalue weighted by Gasteiger charge is 2.17. The van der Waals surface area contributed by atoms with Gasteiger partial charge in [-0.15, -0.1) is 0 Å². The van der Waals surface area contributed by atoms with Gasteiger partial charge in [-0.3, -0.25) is 9.59 Å². The summed E-state index contributed by atoms with van der Waals surface area (Å²) in [5.41, 5.74) is 1.09. The predicted molar refractivity (Wildman–Crippen MR) is 87.1 cm³/mol. The van der Waals surface area contributed by atoms with Crippen LogP contribution in [-0.2, 0) is 0 Å². The Labute approximate surface area is 135 Å². The molecule has 0 aliphatic carbocycles. The van der Waals surface area contributed by atoms with Crippen LogP contribution in [0.25, 0.3) is 0 Å². The van der Waals surface area contributed by atoms with Crippen molar-refractivity contribution in [1.82, 2.24) is 0 Å². The number of esters is 1. The largest absolute Gasteiger partial charge is 0.422 e. The molecule has 0 aromatic heterocycles. The smallest absolute Gasteiger partial charge is 0.343 e. The highest BCUT2D eigenvalue weighted by Crippen LogP contribution is 2.24. The zero-order valence-electron chi connectivity index (χ0n) is 13.2. The lowest BCUT2D eigenvalue weighted by Crippen LogP contribution is -2.12. The number of hydrogen-bond acceptors (Lipinski definition) is 4. The summed E-state index contributed by atoms with van der Waals surface area (Å²) in [5.74, 6) is -0.642. The highest BCUT2D eigenvalue weighted by atomic mass is 16.5. The first kappa shape index (κ1) is 16.6. The van der Waals surface area contributed by atoms with Crippen LogP contribution >= 0.6 is 0 Å². The van der Waals surface area contributed by atoms with Gasteiger partial charge in [-0.1, -0.05) is 25.1 Å². The molecule has 23 heavy (non-hydrogen) atoms. The van der Waals surface area contributed by atoms with Crippen molar-refractivity contribution in [2.45, 2.75) is 26.7 Å². The lowest BCUT2D eigenvalue weighted by atomic mass is 10.0. The van der Waals surface area contributed by atoms with E-state index in [1.54, 1.807) is 36.4 Å². The Morgan fingerprint density at radius 3 is 2.26 bits per heavy atom. The van der Waals surface area contributed by atoms with Gasteiger partial charge in [-0.05, 0) is 43.7 Å². The topological polar surface area (TPSA) is 60.4 Å². The van der Waals surface area contributed by atoms with Crippen molar-refractivity contribution in [3.63, 3.8) is 0 Å². The number of hydrogen-bond donors (Lipinski definition) is 0. The molecule has 0 aliphatic rings. The summed E-state index contributed by atoms with van der Waals surface area (Å²) in [4.78, 5) is 35.9. The average molecular weight is 310 g/mol. The minimum Gasteiger partial charge on any atom is -0.422 e. The first-order valence-electron chi connectivity index (χ1n) is 7.48. The second-order valence-electron chi connectivity index (χ2n) is 5.20. The van der Waals surface area contributed by atoms with Crippen molar-refractivity contribution in [2.75, 3.05) is 0 Å². The summed E-state index contributed by atoms with van der Waals surface area (Å²) in [6.07, 6.45) is 1.01. The molecular formula is C19H18O4. The Morgan fingerprint density at radius 1 is 0.957 bits per heavy atom. The summed E-state index contributed by atoms with van der Waals surface area (Å²) < 4.78 is 5.36. The summed E-state index contributed by atoms with van der Waals surface area (Å²) >= 11 is 0. The second kappa shape index (κ2) is 7.49. The fourth-order valence-electron chi connectivity index (χ4n) is 2.15. The molecule has 0 radical (unpaired) electrons. The van der Waals surface area contributed by atoms with Gasteiger partial charge in [0.15, 0.2) is 11.6 Å². The summed E-state index contributed by atoms with van der Waals surface area (Å²) in [5, 5.41) is 0. The molecule has 0 saturated carbocycles. The molecule has 0 fully saturated rings. The van der Waals surface area contributed by atoms with Gasteiger partial charge in [0.05, 0.1) is 11.1 Å². The molecule has 0 spiro atoms. The monoisotopic (exact) mass is 310 g/mol. The van der Waals surface area contributed by atoms with Gasteiger partial charge in [-0.25, -0.2) is 4.79 Å². The molecule has 2 rings (SSSR count). The number of carbonyl (C=O) groups is 3. The molecule has 0 bridgehead atoms. The molecule has 0 aliphatic heterocycles.